The third-order valence-electron chi connectivity index (χ3n) is 3.13. The van der Waals surface area contributed by atoms with Crippen LogP contribution in [0.2, 0.25) is 0 Å². The van der Waals surface area contributed by atoms with Gasteiger partial charge in [-0.25, -0.2) is 9.97 Å². The second-order valence-corrected chi connectivity index (χ2v) is 5.63. The van der Waals surface area contributed by atoms with E-state index in [9.17, 15) is 0 Å². The molecule has 3 rings (SSSR count). The summed E-state index contributed by atoms with van der Waals surface area (Å²) in [5.74, 6) is 4.44. The Hall–Kier alpha value is -1.30. The van der Waals surface area contributed by atoms with Crippen LogP contribution < -0.4 is 4.90 Å². The maximum Gasteiger partial charge on any atom is 0.161 e. The zero-order valence-electron chi connectivity index (χ0n) is 10.5. The zero-order valence-corrected chi connectivity index (χ0v) is 11.4. The van der Waals surface area contributed by atoms with E-state index in [2.05, 4.69) is 21.9 Å². The summed E-state index contributed by atoms with van der Waals surface area (Å²) in [5.41, 5.74) is 0.904. The average Bonchev–Trinajstić information content (AvgIpc) is 2.88. The number of rotatable bonds is 3. The molecule has 3 heterocycles. The van der Waals surface area contributed by atoms with Crippen LogP contribution in [0.25, 0.3) is 5.65 Å². The van der Waals surface area contributed by atoms with E-state index in [1.54, 1.807) is 6.33 Å². The fraction of sp³-hybridized carbons (Fsp3) is 0.583. The molecule has 2 aromatic rings. The quantitative estimate of drug-likeness (QED) is 0.842. The van der Waals surface area contributed by atoms with E-state index in [0.717, 1.165) is 43.2 Å². The van der Waals surface area contributed by atoms with Crippen molar-refractivity contribution in [1.29, 1.82) is 0 Å². The maximum absolute atomic E-state index is 4.76. The van der Waals surface area contributed by atoms with Crippen molar-refractivity contribution < 1.29 is 0 Å². The summed E-state index contributed by atoms with van der Waals surface area (Å²) in [6.45, 7) is 4.32. The highest BCUT2D eigenvalue weighted by Crippen LogP contribution is 2.19. The summed E-state index contributed by atoms with van der Waals surface area (Å²) in [4.78, 5) is 11.4. The first-order chi connectivity index (χ1) is 8.88. The van der Waals surface area contributed by atoms with Gasteiger partial charge >= 0.3 is 0 Å². The molecule has 0 aliphatic carbocycles. The van der Waals surface area contributed by atoms with Crippen LogP contribution in [0.5, 0.6) is 0 Å². The molecule has 0 bridgehead atoms. The third kappa shape index (κ3) is 2.16. The Morgan fingerprint density at radius 2 is 2.17 bits per heavy atom. The Bertz CT molecular complexity index is 532. The van der Waals surface area contributed by atoms with Crippen molar-refractivity contribution in [3.8, 4) is 0 Å². The van der Waals surface area contributed by atoms with Gasteiger partial charge in [0.2, 0.25) is 0 Å². The van der Waals surface area contributed by atoms with Gasteiger partial charge < -0.3 is 4.90 Å². The topological polar surface area (TPSA) is 46.3 Å². The number of aromatic nitrogens is 4. The van der Waals surface area contributed by atoms with Crippen LogP contribution >= 0.6 is 11.8 Å². The Morgan fingerprint density at radius 1 is 1.33 bits per heavy atom. The van der Waals surface area contributed by atoms with Crippen LogP contribution in [0.15, 0.2) is 12.4 Å². The highest BCUT2D eigenvalue weighted by molar-refractivity contribution is 7.99. The Labute approximate surface area is 111 Å². The predicted octanol–water partition coefficient (Wildman–Crippen LogP) is 1.63. The minimum atomic E-state index is 0.904. The van der Waals surface area contributed by atoms with E-state index in [4.69, 9.17) is 4.98 Å². The molecule has 0 spiro atoms. The van der Waals surface area contributed by atoms with Gasteiger partial charge in [-0.3, -0.25) is 0 Å². The lowest BCUT2D eigenvalue weighted by molar-refractivity contribution is 0.745. The Kier molecular flexibility index (Phi) is 3.36. The molecule has 2 aromatic heterocycles. The highest BCUT2D eigenvalue weighted by Gasteiger charge is 2.15. The molecular weight excluding hydrogens is 246 g/mol. The number of aryl methyl sites for hydroxylation is 1. The molecule has 0 N–H and O–H groups in total. The van der Waals surface area contributed by atoms with Crippen LogP contribution in [0, 0.1) is 0 Å². The molecule has 18 heavy (non-hydrogen) atoms. The van der Waals surface area contributed by atoms with Crippen LogP contribution in [-0.4, -0.2) is 44.2 Å². The summed E-state index contributed by atoms with van der Waals surface area (Å²) in [6, 6.07) is 2.04. The molecule has 0 atom stereocenters. The van der Waals surface area contributed by atoms with Gasteiger partial charge in [-0.05, 0) is 6.42 Å². The zero-order chi connectivity index (χ0) is 12.4. The minimum Gasteiger partial charge on any atom is -0.355 e. The second-order valence-electron chi connectivity index (χ2n) is 4.41. The molecule has 96 valence electrons. The summed E-state index contributed by atoms with van der Waals surface area (Å²) < 4.78 is 1.85. The fourth-order valence-corrected chi connectivity index (χ4v) is 3.12. The molecule has 6 heteroatoms. The van der Waals surface area contributed by atoms with Gasteiger partial charge in [0.1, 0.15) is 18.0 Å². The van der Waals surface area contributed by atoms with Crippen LogP contribution in [0.3, 0.4) is 0 Å². The summed E-state index contributed by atoms with van der Waals surface area (Å²) in [7, 11) is 0. The van der Waals surface area contributed by atoms with Crippen molar-refractivity contribution in [2.24, 2.45) is 0 Å². The maximum atomic E-state index is 4.76. The van der Waals surface area contributed by atoms with E-state index in [0.29, 0.717) is 0 Å². The molecule has 1 aliphatic heterocycles. The second kappa shape index (κ2) is 5.14. The van der Waals surface area contributed by atoms with Gasteiger partial charge in [0, 0.05) is 37.1 Å². The Balaban J connectivity index is 2.00. The molecule has 0 saturated carbocycles. The number of hydrogen-bond donors (Lipinski definition) is 0. The van der Waals surface area contributed by atoms with E-state index < -0.39 is 0 Å². The van der Waals surface area contributed by atoms with Crippen molar-refractivity contribution in [2.75, 3.05) is 29.5 Å². The summed E-state index contributed by atoms with van der Waals surface area (Å²) in [6.07, 6.45) is 3.61. The molecule has 0 aromatic carbocycles. The van der Waals surface area contributed by atoms with Crippen molar-refractivity contribution >= 4 is 23.2 Å². The van der Waals surface area contributed by atoms with Crippen molar-refractivity contribution in [3.05, 3.63) is 18.2 Å². The lowest BCUT2D eigenvalue weighted by Gasteiger charge is -2.27. The number of nitrogens with zero attached hydrogens (tertiary/aromatic N) is 5. The third-order valence-corrected chi connectivity index (χ3v) is 4.07. The Morgan fingerprint density at radius 3 is 2.94 bits per heavy atom. The largest absolute Gasteiger partial charge is 0.355 e. The molecule has 0 amide bonds. The minimum absolute atomic E-state index is 0.904. The number of fused-ring (bicyclic) bond motifs is 1. The van der Waals surface area contributed by atoms with Crippen molar-refractivity contribution in [3.63, 3.8) is 0 Å². The van der Waals surface area contributed by atoms with Gasteiger partial charge in [-0.1, -0.05) is 6.92 Å². The molecular formula is C12H17N5S. The van der Waals surface area contributed by atoms with Gasteiger partial charge in [0.05, 0.1) is 0 Å². The first-order valence-electron chi connectivity index (χ1n) is 6.41. The lowest BCUT2D eigenvalue weighted by Crippen LogP contribution is -2.33. The first-order valence-corrected chi connectivity index (χ1v) is 7.56. The molecule has 0 radical (unpaired) electrons. The van der Waals surface area contributed by atoms with Crippen LogP contribution in [-0.2, 0) is 6.42 Å². The van der Waals surface area contributed by atoms with Gasteiger partial charge in [-0.2, -0.15) is 21.4 Å². The normalized spacial score (nSPS) is 16.4. The molecule has 5 nitrogen and oxygen atoms in total. The van der Waals surface area contributed by atoms with E-state index in [-0.39, 0.29) is 0 Å². The van der Waals surface area contributed by atoms with Crippen molar-refractivity contribution in [2.45, 2.75) is 19.8 Å². The number of hydrogen-bond acceptors (Lipinski definition) is 5. The standard InChI is InChI=1S/C12H17N5S/c1-2-3-10-15-12(16-4-6-18-7-5-16)8-11-13-9-14-17(10)11/h8-9H,2-7H2,1H3. The molecule has 1 saturated heterocycles. The molecule has 1 fully saturated rings. The summed E-state index contributed by atoms with van der Waals surface area (Å²) in [5, 5.41) is 4.24. The molecule has 0 unspecified atom stereocenters. The van der Waals surface area contributed by atoms with Crippen molar-refractivity contribution in [1.82, 2.24) is 19.6 Å². The van der Waals surface area contributed by atoms with E-state index in [1.165, 1.54) is 11.5 Å². The fourth-order valence-electron chi connectivity index (χ4n) is 2.21. The highest BCUT2D eigenvalue weighted by atomic mass is 32.2. The molecule has 1 aliphatic rings. The van der Waals surface area contributed by atoms with E-state index >= 15 is 0 Å². The van der Waals surface area contributed by atoms with Gasteiger partial charge in [0.25, 0.3) is 0 Å². The van der Waals surface area contributed by atoms with Crippen LogP contribution in [0.4, 0.5) is 5.82 Å². The smallest absolute Gasteiger partial charge is 0.161 e. The summed E-state index contributed by atoms with van der Waals surface area (Å²) >= 11 is 2.01. The monoisotopic (exact) mass is 263 g/mol. The number of thioether (sulfide) groups is 1. The van der Waals surface area contributed by atoms with Gasteiger partial charge in [-0.15, -0.1) is 0 Å². The first kappa shape index (κ1) is 11.8. The van der Waals surface area contributed by atoms with E-state index in [1.807, 2.05) is 22.3 Å². The SMILES string of the molecule is CCCc1nc(N2CCSCC2)cc2ncnn12. The number of anilines is 1. The van der Waals surface area contributed by atoms with Crippen LogP contribution in [0.1, 0.15) is 19.2 Å². The van der Waals surface area contributed by atoms with Gasteiger partial charge in [0.15, 0.2) is 5.65 Å². The lowest BCUT2D eigenvalue weighted by atomic mass is 10.3. The average molecular weight is 263 g/mol. The predicted molar refractivity (Wildman–Crippen MR) is 74.3 cm³/mol.